The Morgan fingerprint density at radius 2 is 1.69 bits per heavy atom. The van der Waals surface area contributed by atoms with Gasteiger partial charge in [-0.2, -0.15) is 0 Å². The lowest BCUT2D eigenvalue weighted by atomic mass is 10.1. The highest BCUT2D eigenvalue weighted by atomic mass is 16.3. The van der Waals surface area contributed by atoms with Crippen LogP contribution in [-0.2, 0) is 24.2 Å². The van der Waals surface area contributed by atoms with Crippen molar-refractivity contribution in [2.45, 2.75) is 25.5 Å². The molecule has 0 bridgehead atoms. The summed E-state index contributed by atoms with van der Waals surface area (Å²) in [7, 11) is 0. The molecule has 0 aliphatic rings. The maximum atomic E-state index is 12.6. The van der Waals surface area contributed by atoms with Crippen molar-refractivity contribution in [3.63, 3.8) is 0 Å². The fourth-order valence-electron chi connectivity index (χ4n) is 3.89. The molecule has 1 atom stereocenters. The molecule has 0 saturated heterocycles. The van der Waals surface area contributed by atoms with Crippen molar-refractivity contribution >= 4 is 11.6 Å². The van der Waals surface area contributed by atoms with Crippen molar-refractivity contribution in [2.24, 2.45) is 0 Å². The molecular formula is C28H30N4O3. The number of amides is 1. The maximum Gasteiger partial charge on any atom is 0.231 e. The van der Waals surface area contributed by atoms with Gasteiger partial charge in [0.1, 0.15) is 11.6 Å². The van der Waals surface area contributed by atoms with Gasteiger partial charge >= 0.3 is 0 Å². The summed E-state index contributed by atoms with van der Waals surface area (Å²) < 4.78 is 1.99. The first kappa shape index (κ1) is 24.2. The van der Waals surface area contributed by atoms with Crippen LogP contribution in [0.1, 0.15) is 28.6 Å². The van der Waals surface area contributed by atoms with Crippen molar-refractivity contribution in [2.75, 3.05) is 18.4 Å². The highest BCUT2D eigenvalue weighted by Crippen LogP contribution is 2.22. The number of para-hydroxylation sites is 1. The van der Waals surface area contributed by atoms with E-state index in [0.717, 1.165) is 29.1 Å². The largest absolute Gasteiger partial charge is 0.508 e. The molecule has 0 aliphatic heterocycles. The molecule has 7 nitrogen and oxygen atoms in total. The molecule has 1 aromatic heterocycles. The number of aliphatic hydroxyl groups is 1. The molecule has 7 heteroatoms. The number of nitrogens with zero attached hydrogens (tertiary/aromatic N) is 2. The van der Waals surface area contributed by atoms with Crippen LogP contribution in [0.4, 0.5) is 5.69 Å². The minimum Gasteiger partial charge on any atom is -0.508 e. The zero-order chi connectivity index (χ0) is 24.5. The first-order valence-corrected chi connectivity index (χ1v) is 11.7. The van der Waals surface area contributed by atoms with Gasteiger partial charge in [-0.25, -0.2) is 4.98 Å². The van der Waals surface area contributed by atoms with Gasteiger partial charge in [-0.1, -0.05) is 60.7 Å². The number of aromatic hydroxyl groups is 1. The molecule has 4 aromatic rings. The van der Waals surface area contributed by atoms with Crippen LogP contribution in [0, 0.1) is 0 Å². The number of carbonyl (C=O) groups is 1. The second-order valence-electron chi connectivity index (χ2n) is 8.41. The number of benzene rings is 3. The zero-order valence-corrected chi connectivity index (χ0v) is 19.5. The van der Waals surface area contributed by atoms with E-state index in [1.807, 2.05) is 53.2 Å². The van der Waals surface area contributed by atoms with Gasteiger partial charge in [0.2, 0.25) is 5.91 Å². The molecular weight excluding hydrogens is 440 g/mol. The average molecular weight is 471 g/mol. The topological polar surface area (TPSA) is 99.4 Å². The highest BCUT2D eigenvalue weighted by Gasteiger charge is 2.12. The standard InChI is InChI=1S/C28H30N4O3/c33-25-9-5-4-8-24(25)26(34)19-29-15-14-21-10-12-23(13-11-21)31-28(35)18-27-30-16-17-32(27)20-22-6-2-1-3-7-22/h1-13,16-17,26,29,33-34H,14-15,18-20H2,(H,31,35). The van der Waals surface area contributed by atoms with Gasteiger partial charge in [0.15, 0.2) is 0 Å². The lowest BCUT2D eigenvalue weighted by molar-refractivity contribution is -0.115. The number of phenolic OH excluding ortho intramolecular Hbond substituents is 1. The number of imidazole rings is 1. The van der Waals surface area contributed by atoms with Crippen molar-refractivity contribution in [3.05, 3.63) is 114 Å². The Bertz CT molecular complexity index is 1220. The van der Waals surface area contributed by atoms with Crippen LogP contribution >= 0.6 is 0 Å². The van der Waals surface area contributed by atoms with Crippen LogP contribution < -0.4 is 10.6 Å². The second-order valence-corrected chi connectivity index (χ2v) is 8.41. The predicted molar refractivity (Wildman–Crippen MR) is 136 cm³/mol. The van der Waals surface area contributed by atoms with E-state index in [2.05, 4.69) is 27.8 Å². The third-order valence-corrected chi connectivity index (χ3v) is 5.78. The summed E-state index contributed by atoms with van der Waals surface area (Å²) in [4.78, 5) is 16.9. The summed E-state index contributed by atoms with van der Waals surface area (Å²) in [5.41, 5.74) is 3.53. The van der Waals surface area contributed by atoms with Gasteiger partial charge in [-0.3, -0.25) is 4.79 Å². The summed E-state index contributed by atoms with van der Waals surface area (Å²) >= 11 is 0. The van der Waals surface area contributed by atoms with Gasteiger partial charge in [0.05, 0.1) is 12.5 Å². The highest BCUT2D eigenvalue weighted by molar-refractivity contribution is 5.91. The van der Waals surface area contributed by atoms with Gasteiger partial charge < -0.3 is 25.4 Å². The molecule has 0 saturated carbocycles. The Labute approximate surface area is 205 Å². The van der Waals surface area contributed by atoms with Crippen molar-refractivity contribution in [1.29, 1.82) is 0 Å². The van der Waals surface area contributed by atoms with Crippen LogP contribution in [0.25, 0.3) is 0 Å². The minimum atomic E-state index is -0.767. The Morgan fingerprint density at radius 1 is 0.943 bits per heavy atom. The molecule has 0 aliphatic carbocycles. The average Bonchev–Trinajstić information content (AvgIpc) is 3.29. The lowest BCUT2D eigenvalue weighted by Crippen LogP contribution is -2.23. The van der Waals surface area contributed by atoms with E-state index >= 15 is 0 Å². The van der Waals surface area contributed by atoms with Gasteiger partial charge in [0.25, 0.3) is 0 Å². The SMILES string of the molecule is O=C(Cc1nccn1Cc1ccccc1)Nc1ccc(CCNCC(O)c2ccccc2O)cc1. The number of hydrogen-bond donors (Lipinski definition) is 4. The number of carbonyl (C=O) groups excluding carboxylic acids is 1. The first-order valence-electron chi connectivity index (χ1n) is 11.7. The molecule has 0 fully saturated rings. The molecule has 0 spiro atoms. The summed E-state index contributed by atoms with van der Waals surface area (Å²) in [5, 5.41) is 26.2. The monoisotopic (exact) mass is 470 g/mol. The van der Waals surface area contributed by atoms with E-state index in [1.54, 1.807) is 30.5 Å². The molecule has 1 heterocycles. The molecule has 180 valence electrons. The third-order valence-electron chi connectivity index (χ3n) is 5.78. The summed E-state index contributed by atoms with van der Waals surface area (Å²) in [6.07, 6.45) is 3.82. The Kier molecular flexibility index (Phi) is 8.27. The normalized spacial score (nSPS) is 11.8. The summed E-state index contributed by atoms with van der Waals surface area (Å²) in [6.45, 7) is 1.71. The molecule has 1 unspecified atom stereocenters. The van der Waals surface area contributed by atoms with Crippen LogP contribution in [0.2, 0.25) is 0 Å². The number of phenols is 1. The summed E-state index contributed by atoms with van der Waals surface area (Å²) in [6, 6.07) is 24.6. The van der Waals surface area contributed by atoms with Gasteiger partial charge in [0, 0.05) is 36.7 Å². The molecule has 35 heavy (non-hydrogen) atoms. The van der Waals surface area contributed by atoms with E-state index in [1.165, 1.54) is 0 Å². The third kappa shape index (κ3) is 7.02. The molecule has 4 rings (SSSR count). The van der Waals surface area contributed by atoms with Crippen LogP contribution in [0.5, 0.6) is 5.75 Å². The quantitative estimate of drug-likeness (QED) is 0.251. The van der Waals surface area contributed by atoms with Gasteiger partial charge in [-0.05, 0) is 42.3 Å². The van der Waals surface area contributed by atoms with Gasteiger partial charge in [-0.15, -0.1) is 0 Å². The summed E-state index contributed by atoms with van der Waals surface area (Å²) in [5.74, 6) is 0.706. The van der Waals surface area contributed by atoms with Crippen LogP contribution in [0.3, 0.4) is 0 Å². The predicted octanol–water partition coefficient (Wildman–Crippen LogP) is 3.68. The van der Waals surface area contributed by atoms with Crippen molar-refractivity contribution < 1.29 is 15.0 Å². The smallest absolute Gasteiger partial charge is 0.231 e. The molecule has 1 amide bonds. The van der Waals surface area contributed by atoms with E-state index in [9.17, 15) is 15.0 Å². The number of rotatable bonds is 11. The van der Waals surface area contributed by atoms with E-state index in [4.69, 9.17) is 0 Å². The molecule has 3 aromatic carbocycles. The second kappa shape index (κ2) is 12.0. The lowest BCUT2D eigenvalue weighted by Gasteiger charge is -2.13. The zero-order valence-electron chi connectivity index (χ0n) is 19.5. The fourth-order valence-corrected chi connectivity index (χ4v) is 3.89. The van der Waals surface area contributed by atoms with Crippen LogP contribution in [0.15, 0.2) is 91.3 Å². The number of aromatic nitrogens is 2. The number of anilines is 1. The Morgan fingerprint density at radius 3 is 2.46 bits per heavy atom. The Balaban J connectivity index is 1.21. The van der Waals surface area contributed by atoms with Crippen molar-refractivity contribution in [1.82, 2.24) is 14.9 Å². The van der Waals surface area contributed by atoms with Crippen molar-refractivity contribution in [3.8, 4) is 5.75 Å². The van der Waals surface area contributed by atoms with E-state index in [-0.39, 0.29) is 18.1 Å². The Hall–Kier alpha value is -3.94. The minimum absolute atomic E-state index is 0.0969. The number of hydrogen-bond acceptors (Lipinski definition) is 5. The van der Waals surface area contributed by atoms with Crippen LogP contribution in [-0.4, -0.2) is 38.8 Å². The maximum absolute atomic E-state index is 12.6. The fraction of sp³-hybridized carbons (Fsp3) is 0.214. The van der Waals surface area contributed by atoms with E-state index < -0.39 is 6.10 Å². The van der Waals surface area contributed by atoms with E-state index in [0.29, 0.717) is 25.2 Å². The molecule has 0 radical (unpaired) electrons. The number of nitrogens with one attached hydrogen (secondary N) is 2. The molecule has 4 N–H and O–H groups in total. The number of aliphatic hydroxyl groups excluding tert-OH is 1. The first-order chi connectivity index (χ1) is 17.1.